The number of nitrogens with one attached hydrogen (secondary N) is 2. The first-order chi connectivity index (χ1) is 8.90. The van der Waals surface area contributed by atoms with E-state index in [-0.39, 0.29) is 5.91 Å². The smallest absolute Gasteiger partial charge is 0.244 e. The maximum atomic E-state index is 12.0. The van der Waals surface area contributed by atoms with Gasteiger partial charge in [-0.25, -0.2) is 4.98 Å². The van der Waals surface area contributed by atoms with Crippen LogP contribution in [0.15, 0.2) is 6.07 Å². The summed E-state index contributed by atoms with van der Waals surface area (Å²) in [4.78, 5) is 17.8. The molecule has 1 rings (SSSR count). The number of likely N-dealkylation sites (N-methyl/N-ethyl adjacent to an activating group) is 1. The minimum atomic E-state index is -0.416. The van der Waals surface area contributed by atoms with Crippen molar-refractivity contribution < 1.29 is 4.79 Å². The van der Waals surface area contributed by atoms with Crippen LogP contribution in [-0.2, 0) is 4.79 Å². The van der Waals surface area contributed by atoms with Gasteiger partial charge in [0, 0.05) is 20.6 Å². The van der Waals surface area contributed by atoms with Crippen LogP contribution in [0.5, 0.6) is 0 Å². The van der Waals surface area contributed by atoms with Gasteiger partial charge in [-0.3, -0.25) is 4.79 Å². The Balaban J connectivity index is 2.90. The van der Waals surface area contributed by atoms with E-state index in [9.17, 15) is 4.79 Å². The fourth-order valence-corrected chi connectivity index (χ4v) is 2.00. The Morgan fingerprint density at radius 3 is 2.53 bits per heavy atom. The van der Waals surface area contributed by atoms with Gasteiger partial charge in [-0.15, -0.1) is 0 Å². The number of aromatic nitrogens is 1. The van der Waals surface area contributed by atoms with Crippen molar-refractivity contribution in [2.24, 2.45) is 0 Å². The standard InChI is InChI=1S/C12H18Cl2N4O/c1-5-18(4)12(19)7(2)16-11-9(14)6-8(13)10(15-3)17-11/h6-7H,5H2,1-4H3,(H2,15,16,17). The predicted molar refractivity (Wildman–Crippen MR) is 80.2 cm³/mol. The topological polar surface area (TPSA) is 57.3 Å². The molecule has 0 aliphatic carbocycles. The number of amides is 1. The first-order valence-electron chi connectivity index (χ1n) is 5.96. The molecule has 0 spiro atoms. The molecular weight excluding hydrogens is 287 g/mol. The van der Waals surface area contributed by atoms with Gasteiger partial charge in [0.2, 0.25) is 5.91 Å². The fourth-order valence-electron chi connectivity index (χ4n) is 1.50. The lowest BCUT2D eigenvalue weighted by molar-refractivity contribution is -0.130. The molecule has 0 aromatic carbocycles. The summed E-state index contributed by atoms with van der Waals surface area (Å²) in [5, 5.41) is 6.67. The number of rotatable bonds is 5. The first kappa shape index (κ1) is 15.9. The summed E-state index contributed by atoms with van der Waals surface area (Å²) in [5.74, 6) is 0.916. The maximum absolute atomic E-state index is 12.0. The SMILES string of the molecule is CCN(C)C(=O)C(C)Nc1nc(NC)c(Cl)cc1Cl. The molecule has 0 bridgehead atoms. The van der Waals surface area contributed by atoms with Gasteiger partial charge in [-0.1, -0.05) is 23.2 Å². The lowest BCUT2D eigenvalue weighted by atomic mass is 10.3. The number of nitrogens with zero attached hydrogens (tertiary/aromatic N) is 2. The molecule has 0 aliphatic rings. The number of hydrogen-bond acceptors (Lipinski definition) is 4. The molecule has 106 valence electrons. The zero-order chi connectivity index (χ0) is 14.6. The van der Waals surface area contributed by atoms with E-state index in [2.05, 4.69) is 15.6 Å². The molecule has 0 saturated heterocycles. The van der Waals surface area contributed by atoms with Gasteiger partial charge < -0.3 is 15.5 Å². The van der Waals surface area contributed by atoms with Crippen LogP contribution in [0.3, 0.4) is 0 Å². The zero-order valence-electron chi connectivity index (χ0n) is 11.4. The molecule has 0 radical (unpaired) electrons. The van der Waals surface area contributed by atoms with Crippen molar-refractivity contribution in [1.29, 1.82) is 0 Å². The van der Waals surface area contributed by atoms with Gasteiger partial charge in [-0.2, -0.15) is 0 Å². The summed E-state index contributed by atoms with van der Waals surface area (Å²) in [7, 11) is 3.46. The van der Waals surface area contributed by atoms with E-state index in [1.165, 1.54) is 0 Å². The largest absolute Gasteiger partial charge is 0.372 e. The molecule has 1 aromatic heterocycles. The molecule has 1 aromatic rings. The van der Waals surface area contributed by atoms with Crippen molar-refractivity contribution >= 4 is 40.7 Å². The average Bonchev–Trinajstić information content (AvgIpc) is 2.39. The highest BCUT2D eigenvalue weighted by molar-refractivity contribution is 6.37. The van der Waals surface area contributed by atoms with Crippen molar-refractivity contribution in [1.82, 2.24) is 9.88 Å². The van der Waals surface area contributed by atoms with E-state index < -0.39 is 6.04 Å². The van der Waals surface area contributed by atoms with Gasteiger partial charge in [0.1, 0.15) is 17.7 Å². The molecule has 19 heavy (non-hydrogen) atoms. The molecule has 0 aliphatic heterocycles. The van der Waals surface area contributed by atoms with Crippen LogP contribution in [0, 0.1) is 0 Å². The Morgan fingerprint density at radius 2 is 2.00 bits per heavy atom. The third-order valence-electron chi connectivity index (χ3n) is 2.74. The molecule has 1 unspecified atom stereocenters. The number of pyridine rings is 1. The van der Waals surface area contributed by atoms with Crippen LogP contribution in [-0.4, -0.2) is 42.5 Å². The van der Waals surface area contributed by atoms with E-state index in [0.717, 1.165) is 0 Å². The van der Waals surface area contributed by atoms with Gasteiger partial charge >= 0.3 is 0 Å². The Morgan fingerprint density at radius 1 is 1.42 bits per heavy atom. The highest BCUT2D eigenvalue weighted by Gasteiger charge is 2.18. The van der Waals surface area contributed by atoms with Crippen LogP contribution in [0.1, 0.15) is 13.8 Å². The highest BCUT2D eigenvalue weighted by atomic mass is 35.5. The molecule has 1 atom stereocenters. The quantitative estimate of drug-likeness (QED) is 0.878. The second kappa shape index (κ2) is 6.82. The monoisotopic (exact) mass is 304 g/mol. The van der Waals surface area contributed by atoms with E-state index in [1.807, 2.05) is 6.92 Å². The van der Waals surface area contributed by atoms with Crippen molar-refractivity contribution in [2.45, 2.75) is 19.9 Å². The molecule has 1 amide bonds. The van der Waals surface area contributed by atoms with E-state index in [0.29, 0.717) is 28.2 Å². The summed E-state index contributed by atoms with van der Waals surface area (Å²) in [6, 6.07) is 1.17. The van der Waals surface area contributed by atoms with E-state index in [1.54, 1.807) is 32.0 Å². The number of hydrogen-bond donors (Lipinski definition) is 2. The van der Waals surface area contributed by atoms with Crippen LogP contribution in [0.2, 0.25) is 10.0 Å². The second-order valence-corrected chi connectivity index (χ2v) is 4.93. The first-order valence-corrected chi connectivity index (χ1v) is 6.71. The molecule has 0 saturated carbocycles. The van der Waals surface area contributed by atoms with Gasteiger partial charge in [0.25, 0.3) is 0 Å². The summed E-state index contributed by atoms with van der Waals surface area (Å²) >= 11 is 12.0. The summed E-state index contributed by atoms with van der Waals surface area (Å²) in [6.45, 7) is 4.33. The van der Waals surface area contributed by atoms with E-state index >= 15 is 0 Å². The molecule has 7 heteroatoms. The van der Waals surface area contributed by atoms with Crippen molar-refractivity contribution in [3.63, 3.8) is 0 Å². The lowest BCUT2D eigenvalue weighted by Crippen LogP contribution is -2.39. The maximum Gasteiger partial charge on any atom is 0.244 e. The summed E-state index contributed by atoms with van der Waals surface area (Å²) in [5.41, 5.74) is 0. The number of halogens is 2. The molecule has 0 fully saturated rings. The predicted octanol–water partition coefficient (Wildman–Crippen LogP) is 2.71. The minimum absolute atomic E-state index is 0.0266. The van der Waals surface area contributed by atoms with Gasteiger partial charge in [-0.05, 0) is 19.9 Å². The number of carbonyl (C=O) groups is 1. The lowest BCUT2D eigenvalue weighted by Gasteiger charge is -2.21. The Hall–Kier alpha value is -1.20. The summed E-state index contributed by atoms with van der Waals surface area (Å²) < 4.78 is 0. The normalized spacial score (nSPS) is 11.9. The Bertz CT molecular complexity index is 467. The summed E-state index contributed by atoms with van der Waals surface area (Å²) in [6.07, 6.45) is 0. The molecular formula is C12H18Cl2N4O. The molecule has 1 heterocycles. The van der Waals surface area contributed by atoms with Crippen molar-refractivity contribution in [3.8, 4) is 0 Å². The molecule has 5 nitrogen and oxygen atoms in total. The second-order valence-electron chi connectivity index (χ2n) is 4.12. The fraction of sp³-hybridized carbons (Fsp3) is 0.500. The molecule has 2 N–H and O–H groups in total. The average molecular weight is 305 g/mol. The minimum Gasteiger partial charge on any atom is -0.372 e. The van der Waals surface area contributed by atoms with Crippen molar-refractivity contribution in [2.75, 3.05) is 31.3 Å². The number of anilines is 2. The Labute approximate surface area is 123 Å². The van der Waals surface area contributed by atoms with Gasteiger partial charge in [0.15, 0.2) is 0 Å². The highest BCUT2D eigenvalue weighted by Crippen LogP contribution is 2.29. The van der Waals surface area contributed by atoms with Gasteiger partial charge in [0.05, 0.1) is 10.0 Å². The van der Waals surface area contributed by atoms with Crippen LogP contribution >= 0.6 is 23.2 Å². The van der Waals surface area contributed by atoms with Crippen LogP contribution in [0.4, 0.5) is 11.6 Å². The zero-order valence-corrected chi connectivity index (χ0v) is 12.9. The van der Waals surface area contributed by atoms with Crippen LogP contribution in [0.25, 0.3) is 0 Å². The third kappa shape index (κ3) is 3.88. The van der Waals surface area contributed by atoms with Crippen LogP contribution < -0.4 is 10.6 Å². The van der Waals surface area contributed by atoms with E-state index in [4.69, 9.17) is 23.2 Å². The van der Waals surface area contributed by atoms with Crippen molar-refractivity contribution in [3.05, 3.63) is 16.1 Å². The Kier molecular flexibility index (Phi) is 5.69. The number of carbonyl (C=O) groups excluding carboxylic acids is 1. The third-order valence-corrected chi connectivity index (χ3v) is 3.32.